The molecule has 11 heteroatoms. The maximum Gasteiger partial charge on any atom is 0.319 e. The maximum absolute atomic E-state index is 12.3. The average Bonchev–Trinajstić information content (AvgIpc) is 3.15. The van der Waals surface area contributed by atoms with Crippen LogP contribution in [-0.4, -0.2) is 40.2 Å². The summed E-state index contributed by atoms with van der Waals surface area (Å²) in [7, 11) is 0. The second-order valence-corrected chi connectivity index (χ2v) is 6.00. The number of ether oxygens (including phenoxy) is 1. The number of carbonyl (C=O) groups excluding carboxylic acids is 1. The van der Waals surface area contributed by atoms with Crippen LogP contribution in [0.5, 0.6) is 0 Å². The van der Waals surface area contributed by atoms with Gasteiger partial charge in [0.1, 0.15) is 18.4 Å². The predicted octanol–water partition coefficient (Wildman–Crippen LogP) is -0.130. The van der Waals surface area contributed by atoms with E-state index in [1.54, 1.807) is 24.3 Å². The molecule has 2 amide bonds. The highest BCUT2D eigenvalue weighted by atomic mass is 16.6. The van der Waals surface area contributed by atoms with Crippen molar-refractivity contribution in [1.29, 1.82) is 5.26 Å². The van der Waals surface area contributed by atoms with E-state index in [4.69, 9.17) is 31.1 Å². The van der Waals surface area contributed by atoms with E-state index in [2.05, 4.69) is 20.8 Å². The van der Waals surface area contributed by atoms with Gasteiger partial charge in [-0.25, -0.2) is 4.79 Å². The SMILES string of the molecule is N#Cc1cccc(NC(=O)N[C@@H](CC2OC2N)c2nc([C@@H](N)CO)no2)c1. The monoisotopic (exact) mass is 373 g/mol. The van der Waals surface area contributed by atoms with E-state index in [1.807, 2.05) is 6.07 Å². The van der Waals surface area contributed by atoms with Crippen molar-refractivity contribution in [1.82, 2.24) is 15.5 Å². The molecule has 0 spiro atoms. The molecule has 0 radical (unpaired) electrons. The molecule has 0 aliphatic carbocycles. The minimum Gasteiger partial charge on any atom is -0.394 e. The molecule has 0 bridgehead atoms. The molecule has 1 aromatic carbocycles. The second-order valence-electron chi connectivity index (χ2n) is 6.00. The van der Waals surface area contributed by atoms with Crippen LogP contribution in [-0.2, 0) is 4.74 Å². The number of nitrogens with zero attached hydrogens (tertiary/aromatic N) is 3. The first-order valence-electron chi connectivity index (χ1n) is 8.19. The molecule has 0 saturated carbocycles. The third-order valence-corrected chi connectivity index (χ3v) is 3.93. The number of hydrogen-bond donors (Lipinski definition) is 5. The topological polar surface area (TPSA) is 189 Å². The summed E-state index contributed by atoms with van der Waals surface area (Å²) >= 11 is 0. The molecular formula is C16H19N7O4. The van der Waals surface area contributed by atoms with Gasteiger partial charge in [0.2, 0.25) is 5.89 Å². The number of nitriles is 1. The summed E-state index contributed by atoms with van der Waals surface area (Å²) in [6.07, 6.45) is -0.339. The van der Waals surface area contributed by atoms with Gasteiger partial charge in [0.05, 0.1) is 24.3 Å². The number of aliphatic hydroxyl groups excluding tert-OH is 1. The number of hydrogen-bond acceptors (Lipinski definition) is 9. The second kappa shape index (κ2) is 8.11. The van der Waals surface area contributed by atoms with Crippen LogP contribution in [0.1, 0.15) is 35.8 Å². The number of nitrogens with two attached hydrogens (primary N) is 2. The average molecular weight is 373 g/mol. The number of aliphatic hydroxyl groups is 1. The van der Waals surface area contributed by atoms with Crippen molar-refractivity contribution < 1.29 is 19.2 Å². The molecule has 7 N–H and O–H groups in total. The zero-order valence-electron chi connectivity index (χ0n) is 14.2. The lowest BCUT2D eigenvalue weighted by Gasteiger charge is -2.15. The van der Waals surface area contributed by atoms with Crippen molar-refractivity contribution in [2.75, 3.05) is 11.9 Å². The summed E-state index contributed by atoms with van der Waals surface area (Å²) in [6, 6.07) is 6.48. The molecular weight excluding hydrogens is 354 g/mol. The van der Waals surface area contributed by atoms with Crippen molar-refractivity contribution in [3.63, 3.8) is 0 Å². The van der Waals surface area contributed by atoms with Crippen LogP contribution in [0.3, 0.4) is 0 Å². The summed E-state index contributed by atoms with van der Waals surface area (Å²) in [5.41, 5.74) is 12.2. The number of rotatable bonds is 7. The molecule has 1 aromatic heterocycles. The Morgan fingerprint density at radius 3 is 2.93 bits per heavy atom. The normalized spacial score (nSPS) is 20.4. The van der Waals surface area contributed by atoms with Gasteiger partial charge >= 0.3 is 6.03 Å². The third kappa shape index (κ3) is 4.78. The quantitative estimate of drug-likeness (QED) is 0.412. The van der Waals surface area contributed by atoms with Crippen molar-refractivity contribution >= 4 is 11.7 Å². The van der Waals surface area contributed by atoms with Gasteiger partial charge in [-0.15, -0.1) is 0 Å². The van der Waals surface area contributed by atoms with Crippen LogP contribution in [0.25, 0.3) is 0 Å². The molecule has 1 aliphatic heterocycles. The fraction of sp³-hybridized carbons (Fsp3) is 0.375. The van der Waals surface area contributed by atoms with Crippen LogP contribution in [0, 0.1) is 11.3 Å². The lowest BCUT2D eigenvalue weighted by molar-refractivity contribution is 0.239. The molecule has 2 unspecified atom stereocenters. The Hall–Kier alpha value is -3.04. The number of benzene rings is 1. The zero-order chi connectivity index (χ0) is 19.4. The highest BCUT2D eigenvalue weighted by Crippen LogP contribution is 2.28. The van der Waals surface area contributed by atoms with E-state index < -0.39 is 24.3 Å². The Kier molecular flexibility index (Phi) is 5.63. The Morgan fingerprint density at radius 1 is 1.48 bits per heavy atom. The van der Waals surface area contributed by atoms with Gasteiger partial charge in [-0.3, -0.25) is 0 Å². The smallest absolute Gasteiger partial charge is 0.319 e. The summed E-state index contributed by atoms with van der Waals surface area (Å²) < 4.78 is 10.4. The number of amides is 2. The first-order chi connectivity index (χ1) is 13.0. The van der Waals surface area contributed by atoms with Crippen LogP contribution in [0.4, 0.5) is 10.5 Å². The summed E-state index contributed by atoms with van der Waals surface area (Å²) in [5, 5.41) is 27.1. The first kappa shape index (κ1) is 18.7. The van der Waals surface area contributed by atoms with Crippen molar-refractivity contribution in [3.05, 3.63) is 41.5 Å². The van der Waals surface area contributed by atoms with Gasteiger partial charge in [0.15, 0.2) is 5.82 Å². The van der Waals surface area contributed by atoms with Crippen molar-refractivity contribution in [2.24, 2.45) is 11.5 Å². The number of nitrogens with one attached hydrogen (secondary N) is 2. The number of aromatic nitrogens is 2. The largest absolute Gasteiger partial charge is 0.394 e. The summed E-state index contributed by atoms with van der Waals surface area (Å²) in [5.74, 6) is 0.250. The predicted molar refractivity (Wildman–Crippen MR) is 91.8 cm³/mol. The van der Waals surface area contributed by atoms with Gasteiger partial charge in [-0.2, -0.15) is 10.2 Å². The molecule has 1 saturated heterocycles. The number of anilines is 1. The molecule has 2 heterocycles. The number of urea groups is 1. The van der Waals surface area contributed by atoms with Gasteiger partial charge in [-0.05, 0) is 18.2 Å². The van der Waals surface area contributed by atoms with Crippen molar-refractivity contribution in [3.8, 4) is 6.07 Å². The molecule has 4 atom stereocenters. The molecule has 1 fully saturated rings. The maximum atomic E-state index is 12.3. The minimum atomic E-state index is -0.787. The first-order valence-corrected chi connectivity index (χ1v) is 8.19. The zero-order valence-corrected chi connectivity index (χ0v) is 14.2. The summed E-state index contributed by atoms with van der Waals surface area (Å²) in [4.78, 5) is 16.5. The Morgan fingerprint density at radius 2 is 2.26 bits per heavy atom. The molecule has 1 aliphatic rings. The third-order valence-electron chi connectivity index (χ3n) is 3.93. The van der Waals surface area contributed by atoms with Crippen LogP contribution in [0.15, 0.2) is 28.8 Å². The van der Waals surface area contributed by atoms with E-state index in [0.717, 1.165) is 0 Å². The molecule has 142 valence electrons. The summed E-state index contributed by atoms with van der Waals surface area (Å²) in [6.45, 7) is -0.344. The van der Waals surface area contributed by atoms with Crippen LogP contribution < -0.4 is 22.1 Å². The highest BCUT2D eigenvalue weighted by Gasteiger charge is 2.39. The lowest BCUT2D eigenvalue weighted by atomic mass is 10.1. The van der Waals surface area contributed by atoms with Gasteiger partial charge < -0.3 is 36.5 Å². The minimum absolute atomic E-state index is 0.123. The molecule has 3 rings (SSSR count). The fourth-order valence-electron chi connectivity index (χ4n) is 2.41. The van der Waals surface area contributed by atoms with Crippen molar-refractivity contribution in [2.45, 2.75) is 30.8 Å². The van der Waals surface area contributed by atoms with Crippen LogP contribution in [0.2, 0.25) is 0 Å². The Bertz CT molecular complexity index is 849. The van der Waals surface area contributed by atoms with E-state index in [9.17, 15) is 4.79 Å². The Balaban J connectivity index is 1.70. The standard InChI is InChI=1S/C16H19N7O4/c17-6-8-2-1-3-9(4-8)20-16(25)21-11(5-12-13(19)26-12)15-22-14(23-27-15)10(18)7-24/h1-4,10-13,24H,5,7,18-19H2,(H2,20,21,25)/t10-,11-,12?,13?/m0/s1. The van der Waals surface area contributed by atoms with E-state index >= 15 is 0 Å². The number of epoxide rings is 1. The lowest BCUT2D eigenvalue weighted by Crippen LogP contribution is -2.34. The van der Waals surface area contributed by atoms with Gasteiger partial charge in [0.25, 0.3) is 0 Å². The fourth-order valence-corrected chi connectivity index (χ4v) is 2.41. The van der Waals surface area contributed by atoms with Crippen LogP contribution >= 0.6 is 0 Å². The van der Waals surface area contributed by atoms with Gasteiger partial charge in [-0.1, -0.05) is 11.2 Å². The number of carbonyl (C=O) groups is 1. The highest BCUT2D eigenvalue weighted by molar-refractivity contribution is 5.89. The Labute approximate surface area is 154 Å². The molecule has 11 nitrogen and oxygen atoms in total. The van der Waals surface area contributed by atoms with E-state index in [-0.39, 0.29) is 24.4 Å². The van der Waals surface area contributed by atoms with E-state index in [1.165, 1.54) is 0 Å². The molecule has 27 heavy (non-hydrogen) atoms. The van der Waals surface area contributed by atoms with E-state index in [0.29, 0.717) is 17.7 Å². The molecule has 2 aromatic rings. The van der Waals surface area contributed by atoms with Gasteiger partial charge in [0, 0.05) is 12.1 Å².